The molecule has 0 saturated carbocycles. The predicted octanol–water partition coefficient (Wildman–Crippen LogP) is 3.47. The standard InChI is InChI=1S/C23H21ClN6O2/c1-15-12-16(2)29(27-15)14-22(31)25-26-23(32)21-13-20(17-8-10-18(24)11-9-17)28-30(21)19-6-4-3-5-7-19/h3-13H,14H2,1-2H3,(H,25,31)(H,26,32). The zero-order chi connectivity index (χ0) is 22.7. The summed E-state index contributed by atoms with van der Waals surface area (Å²) < 4.78 is 3.11. The van der Waals surface area contributed by atoms with Crippen LogP contribution in [0, 0.1) is 13.8 Å². The van der Waals surface area contributed by atoms with Crippen LogP contribution in [-0.4, -0.2) is 31.4 Å². The molecule has 0 aliphatic carbocycles. The molecule has 0 bridgehead atoms. The van der Waals surface area contributed by atoms with Crippen molar-refractivity contribution in [2.24, 2.45) is 0 Å². The number of hydrazine groups is 1. The van der Waals surface area contributed by atoms with Crippen molar-refractivity contribution in [2.45, 2.75) is 20.4 Å². The van der Waals surface area contributed by atoms with Gasteiger partial charge in [-0.15, -0.1) is 0 Å². The average molecular weight is 449 g/mol. The number of rotatable bonds is 5. The third kappa shape index (κ3) is 4.70. The van der Waals surface area contributed by atoms with Crippen molar-refractivity contribution in [2.75, 3.05) is 0 Å². The third-order valence-electron chi connectivity index (χ3n) is 4.79. The van der Waals surface area contributed by atoms with Gasteiger partial charge in [0, 0.05) is 16.3 Å². The number of para-hydroxylation sites is 1. The molecular weight excluding hydrogens is 428 g/mol. The number of benzene rings is 2. The number of nitrogens with one attached hydrogen (secondary N) is 2. The molecular formula is C23H21ClN6O2. The summed E-state index contributed by atoms with van der Waals surface area (Å²) in [6.07, 6.45) is 0. The van der Waals surface area contributed by atoms with E-state index in [1.54, 1.807) is 22.9 Å². The van der Waals surface area contributed by atoms with Gasteiger partial charge in [0.15, 0.2) is 0 Å². The van der Waals surface area contributed by atoms with Gasteiger partial charge in [-0.2, -0.15) is 10.2 Å². The molecule has 4 aromatic rings. The number of halogens is 1. The number of amides is 2. The summed E-state index contributed by atoms with van der Waals surface area (Å²) in [4.78, 5) is 25.2. The van der Waals surface area contributed by atoms with E-state index in [1.807, 2.05) is 62.4 Å². The normalized spacial score (nSPS) is 10.7. The van der Waals surface area contributed by atoms with Crippen molar-refractivity contribution in [1.29, 1.82) is 0 Å². The topological polar surface area (TPSA) is 93.8 Å². The molecule has 32 heavy (non-hydrogen) atoms. The summed E-state index contributed by atoms with van der Waals surface area (Å²) in [7, 11) is 0. The molecule has 8 nitrogen and oxygen atoms in total. The lowest BCUT2D eigenvalue weighted by atomic mass is 10.1. The third-order valence-corrected chi connectivity index (χ3v) is 5.05. The summed E-state index contributed by atoms with van der Waals surface area (Å²) in [5.74, 6) is -0.892. The van der Waals surface area contributed by atoms with E-state index in [2.05, 4.69) is 21.0 Å². The summed E-state index contributed by atoms with van der Waals surface area (Å²) >= 11 is 5.99. The highest BCUT2D eigenvalue weighted by Crippen LogP contribution is 2.23. The maximum atomic E-state index is 12.9. The lowest BCUT2D eigenvalue weighted by molar-refractivity contribution is -0.122. The molecule has 2 amide bonds. The molecule has 2 aromatic heterocycles. The van der Waals surface area contributed by atoms with Gasteiger partial charge >= 0.3 is 0 Å². The second-order valence-corrected chi connectivity index (χ2v) is 7.69. The second kappa shape index (κ2) is 9.07. The Morgan fingerprint density at radius 3 is 2.31 bits per heavy atom. The number of carbonyl (C=O) groups is 2. The van der Waals surface area contributed by atoms with E-state index in [9.17, 15) is 9.59 Å². The Bertz CT molecular complexity index is 1260. The van der Waals surface area contributed by atoms with Crippen LogP contribution in [0.3, 0.4) is 0 Å². The summed E-state index contributed by atoms with van der Waals surface area (Å²) in [6, 6.07) is 20.0. The van der Waals surface area contributed by atoms with Crippen LogP contribution in [0.2, 0.25) is 5.02 Å². The minimum Gasteiger partial charge on any atom is -0.271 e. The van der Waals surface area contributed by atoms with Gasteiger partial charge in [0.1, 0.15) is 12.2 Å². The van der Waals surface area contributed by atoms with Crippen LogP contribution >= 0.6 is 11.6 Å². The fourth-order valence-corrected chi connectivity index (χ4v) is 3.40. The van der Waals surface area contributed by atoms with Gasteiger partial charge in [-0.25, -0.2) is 4.68 Å². The first-order valence-corrected chi connectivity index (χ1v) is 10.3. The largest absolute Gasteiger partial charge is 0.288 e. The Kier molecular flexibility index (Phi) is 6.04. The molecule has 4 rings (SSSR count). The molecule has 0 spiro atoms. The fraction of sp³-hybridized carbons (Fsp3) is 0.130. The molecule has 0 aliphatic rings. The van der Waals surface area contributed by atoms with Crippen molar-refractivity contribution in [3.8, 4) is 16.9 Å². The first-order valence-electron chi connectivity index (χ1n) is 9.92. The number of aromatic nitrogens is 4. The van der Waals surface area contributed by atoms with E-state index in [1.165, 1.54) is 4.68 Å². The van der Waals surface area contributed by atoms with Gasteiger partial charge in [0.2, 0.25) is 0 Å². The molecule has 162 valence electrons. The van der Waals surface area contributed by atoms with Crippen LogP contribution in [0.25, 0.3) is 16.9 Å². The monoisotopic (exact) mass is 448 g/mol. The van der Waals surface area contributed by atoms with Crippen molar-refractivity contribution in [3.05, 3.63) is 88.8 Å². The zero-order valence-electron chi connectivity index (χ0n) is 17.5. The van der Waals surface area contributed by atoms with Crippen LogP contribution in [0.4, 0.5) is 0 Å². The highest BCUT2D eigenvalue weighted by Gasteiger charge is 2.18. The molecule has 0 aliphatic heterocycles. The number of carbonyl (C=O) groups excluding carboxylic acids is 2. The Labute approximate surface area is 189 Å². The lowest BCUT2D eigenvalue weighted by Gasteiger charge is -2.10. The number of nitrogens with zero attached hydrogens (tertiary/aromatic N) is 4. The molecule has 2 heterocycles. The van der Waals surface area contributed by atoms with Crippen LogP contribution in [0.15, 0.2) is 66.7 Å². The van der Waals surface area contributed by atoms with Crippen LogP contribution < -0.4 is 10.9 Å². The van der Waals surface area contributed by atoms with Gasteiger partial charge in [0.05, 0.1) is 17.1 Å². The maximum Gasteiger partial charge on any atom is 0.288 e. The molecule has 0 fully saturated rings. The van der Waals surface area contributed by atoms with Gasteiger partial charge in [-0.05, 0) is 50.2 Å². The van der Waals surface area contributed by atoms with Crippen LogP contribution in [0.5, 0.6) is 0 Å². The van der Waals surface area contributed by atoms with Gasteiger partial charge in [-0.1, -0.05) is 41.9 Å². The second-order valence-electron chi connectivity index (χ2n) is 7.26. The van der Waals surface area contributed by atoms with Gasteiger partial charge in [-0.3, -0.25) is 25.1 Å². The number of aryl methyl sites for hydroxylation is 2. The van der Waals surface area contributed by atoms with E-state index in [-0.39, 0.29) is 12.2 Å². The Morgan fingerprint density at radius 2 is 1.66 bits per heavy atom. The van der Waals surface area contributed by atoms with Crippen molar-refractivity contribution < 1.29 is 9.59 Å². The minimum absolute atomic E-state index is 0.00603. The number of hydrogen-bond acceptors (Lipinski definition) is 4. The molecule has 0 radical (unpaired) electrons. The van der Waals surface area contributed by atoms with Crippen molar-refractivity contribution in [3.63, 3.8) is 0 Å². The van der Waals surface area contributed by atoms with Crippen LogP contribution in [-0.2, 0) is 11.3 Å². The van der Waals surface area contributed by atoms with E-state index in [0.29, 0.717) is 16.4 Å². The van der Waals surface area contributed by atoms with E-state index in [0.717, 1.165) is 17.0 Å². The summed E-state index contributed by atoms with van der Waals surface area (Å²) in [6.45, 7) is 3.71. The van der Waals surface area contributed by atoms with Crippen molar-refractivity contribution in [1.82, 2.24) is 30.4 Å². The highest BCUT2D eigenvalue weighted by molar-refractivity contribution is 6.30. The van der Waals surface area contributed by atoms with E-state index < -0.39 is 11.8 Å². The molecule has 0 saturated heterocycles. The van der Waals surface area contributed by atoms with E-state index >= 15 is 0 Å². The lowest BCUT2D eigenvalue weighted by Crippen LogP contribution is -2.44. The predicted molar refractivity (Wildman–Crippen MR) is 121 cm³/mol. The molecule has 9 heteroatoms. The Morgan fingerprint density at radius 1 is 0.938 bits per heavy atom. The molecule has 0 unspecified atom stereocenters. The fourth-order valence-electron chi connectivity index (χ4n) is 3.27. The quantitative estimate of drug-likeness (QED) is 0.457. The molecule has 2 aromatic carbocycles. The van der Waals surface area contributed by atoms with Crippen molar-refractivity contribution >= 4 is 23.4 Å². The average Bonchev–Trinajstić information content (AvgIpc) is 3.36. The maximum absolute atomic E-state index is 12.9. The summed E-state index contributed by atoms with van der Waals surface area (Å²) in [5.41, 5.74) is 8.99. The number of hydrogen-bond donors (Lipinski definition) is 2. The highest BCUT2D eigenvalue weighted by atomic mass is 35.5. The zero-order valence-corrected chi connectivity index (χ0v) is 18.3. The minimum atomic E-state index is -0.497. The van der Waals surface area contributed by atoms with Gasteiger partial charge < -0.3 is 0 Å². The molecule has 2 N–H and O–H groups in total. The Balaban J connectivity index is 1.55. The SMILES string of the molecule is Cc1cc(C)n(CC(=O)NNC(=O)c2cc(-c3ccc(Cl)cc3)nn2-c2ccccc2)n1. The summed E-state index contributed by atoms with van der Waals surface area (Å²) in [5, 5.41) is 9.46. The van der Waals surface area contributed by atoms with E-state index in [4.69, 9.17) is 11.6 Å². The first-order chi connectivity index (χ1) is 15.4. The van der Waals surface area contributed by atoms with Gasteiger partial charge in [0.25, 0.3) is 11.8 Å². The Hall–Kier alpha value is -3.91. The smallest absolute Gasteiger partial charge is 0.271 e. The van der Waals surface area contributed by atoms with Crippen LogP contribution in [0.1, 0.15) is 21.9 Å². The molecule has 0 atom stereocenters. The first kappa shape index (κ1) is 21.3.